The Bertz CT molecular complexity index is 109. The standard InChI is InChI=1S/C4H7NO.C3H10N2/c1-3(2)4(5)6;4-2-1-3-5/h1H2,2H3,(H2,5,6);1-5H2. The van der Waals surface area contributed by atoms with Crippen molar-refractivity contribution in [2.24, 2.45) is 17.2 Å². The minimum absolute atomic E-state index is 0.398. The van der Waals surface area contributed by atoms with Crippen LogP contribution in [0.2, 0.25) is 0 Å². The third-order valence-electron chi connectivity index (χ3n) is 0.829. The zero-order valence-electron chi connectivity index (χ0n) is 6.97. The monoisotopic (exact) mass is 159 g/mol. The lowest BCUT2D eigenvalue weighted by Crippen LogP contribution is -2.10. The number of nitrogens with two attached hydrogens (primary N) is 3. The molecule has 0 aromatic rings. The van der Waals surface area contributed by atoms with Crippen molar-refractivity contribution >= 4 is 5.91 Å². The van der Waals surface area contributed by atoms with Crippen molar-refractivity contribution < 1.29 is 4.79 Å². The lowest BCUT2D eigenvalue weighted by molar-refractivity contribution is -0.114. The highest BCUT2D eigenvalue weighted by Gasteiger charge is 1.86. The van der Waals surface area contributed by atoms with E-state index in [0.717, 1.165) is 19.5 Å². The molecule has 0 unspecified atom stereocenters. The second-order valence-corrected chi connectivity index (χ2v) is 2.08. The first-order chi connectivity index (χ1) is 5.06. The minimum atomic E-state index is -0.435. The maximum atomic E-state index is 9.82. The number of carbonyl (C=O) groups excluding carboxylic acids is 1. The SMILES string of the molecule is C=C(C)C(N)=O.NCCCN. The van der Waals surface area contributed by atoms with Gasteiger partial charge in [0.1, 0.15) is 0 Å². The largest absolute Gasteiger partial charge is 0.366 e. The van der Waals surface area contributed by atoms with Gasteiger partial charge in [-0.05, 0) is 26.4 Å². The highest BCUT2D eigenvalue weighted by atomic mass is 16.1. The van der Waals surface area contributed by atoms with Crippen LogP contribution in [-0.2, 0) is 4.79 Å². The average molecular weight is 159 g/mol. The van der Waals surface area contributed by atoms with Gasteiger partial charge in [-0.15, -0.1) is 0 Å². The van der Waals surface area contributed by atoms with Crippen molar-refractivity contribution in [2.75, 3.05) is 13.1 Å². The Hall–Kier alpha value is -0.870. The van der Waals surface area contributed by atoms with E-state index in [1.54, 1.807) is 6.92 Å². The van der Waals surface area contributed by atoms with Crippen LogP contribution in [0.1, 0.15) is 13.3 Å². The summed E-state index contributed by atoms with van der Waals surface area (Å²) in [6.45, 7) is 6.29. The molecule has 0 atom stereocenters. The molecule has 0 bridgehead atoms. The third kappa shape index (κ3) is 17.6. The smallest absolute Gasteiger partial charge is 0.243 e. The van der Waals surface area contributed by atoms with Gasteiger partial charge in [-0.3, -0.25) is 4.79 Å². The van der Waals surface area contributed by atoms with Crippen LogP contribution in [0.25, 0.3) is 0 Å². The van der Waals surface area contributed by atoms with Crippen LogP contribution in [0.15, 0.2) is 12.2 Å². The second kappa shape index (κ2) is 9.13. The van der Waals surface area contributed by atoms with E-state index in [2.05, 4.69) is 6.58 Å². The summed E-state index contributed by atoms with van der Waals surface area (Å²) in [5.74, 6) is -0.435. The quantitative estimate of drug-likeness (QED) is 0.477. The van der Waals surface area contributed by atoms with Gasteiger partial charge >= 0.3 is 0 Å². The number of hydrogen-bond donors (Lipinski definition) is 3. The summed E-state index contributed by atoms with van der Waals surface area (Å²) in [6.07, 6.45) is 0.944. The van der Waals surface area contributed by atoms with Crippen molar-refractivity contribution in [1.29, 1.82) is 0 Å². The topological polar surface area (TPSA) is 95.1 Å². The van der Waals surface area contributed by atoms with E-state index in [1.807, 2.05) is 0 Å². The number of primary amides is 1. The average Bonchev–Trinajstić information content (AvgIpc) is 1.90. The second-order valence-electron chi connectivity index (χ2n) is 2.08. The highest BCUT2D eigenvalue weighted by molar-refractivity contribution is 5.90. The van der Waals surface area contributed by atoms with Crippen LogP contribution in [0.5, 0.6) is 0 Å². The van der Waals surface area contributed by atoms with Crippen molar-refractivity contribution in [3.05, 3.63) is 12.2 Å². The number of hydrogen-bond acceptors (Lipinski definition) is 3. The van der Waals surface area contributed by atoms with Gasteiger partial charge < -0.3 is 17.2 Å². The molecule has 4 heteroatoms. The van der Waals surface area contributed by atoms with Crippen molar-refractivity contribution in [3.8, 4) is 0 Å². The molecule has 6 N–H and O–H groups in total. The third-order valence-corrected chi connectivity index (χ3v) is 0.829. The van der Waals surface area contributed by atoms with Gasteiger partial charge in [0.05, 0.1) is 0 Å². The predicted molar refractivity (Wildman–Crippen MR) is 46.7 cm³/mol. The Kier molecular flexibility index (Phi) is 10.6. The zero-order valence-corrected chi connectivity index (χ0v) is 6.97. The molecule has 0 heterocycles. The Morgan fingerprint density at radius 2 is 1.64 bits per heavy atom. The first-order valence-corrected chi connectivity index (χ1v) is 3.41. The summed E-state index contributed by atoms with van der Waals surface area (Å²) >= 11 is 0. The van der Waals surface area contributed by atoms with E-state index < -0.39 is 5.91 Å². The summed E-state index contributed by atoms with van der Waals surface area (Å²) in [6, 6.07) is 0. The Balaban J connectivity index is 0. The summed E-state index contributed by atoms with van der Waals surface area (Å²) in [5, 5.41) is 0. The van der Waals surface area contributed by atoms with E-state index >= 15 is 0 Å². The molecular formula is C7H17N3O. The molecule has 0 aliphatic rings. The Morgan fingerprint density at radius 3 is 1.64 bits per heavy atom. The van der Waals surface area contributed by atoms with Gasteiger partial charge in [0.25, 0.3) is 0 Å². The molecule has 4 nitrogen and oxygen atoms in total. The Morgan fingerprint density at radius 1 is 1.36 bits per heavy atom. The summed E-state index contributed by atoms with van der Waals surface area (Å²) in [4.78, 5) is 9.82. The number of carbonyl (C=O) groups is 1. The van der Waals surface area contributed by atoms with Crippen LogP contribution in [-0.4, -0.2) is 19.0 Å². The fourth-order valence-corrected chi connectivity index (χ4v) is 0.118. The van der Waals surface area contributed by atoms with Gasteiger partial charge in [0.2, 0.25) is 5.91 Å². The molecule has 66 valence electrons. The van der Waals surface area contributed by atoms with Crippen LogP contribution < -0.4 is 17.2 Å². The maximum Gasteiger partial charge on any atom is 0.243 e. The first-order valence-electron chi connectivity index (χ1n) is 3.41. The van der Waals surface area contributed by atoms with Crippen molar-refractivity contribution in [3.63, 3.8) is 0 Å². The Labute approximate surface area is 67.4 Å². The van der Waals surface area contributed by atoms with Gasteiger partial charge in [-0.2, -0.15) is 0 Å². The molecule has 0 aromatic carbocycles. The lowest BCUT2D eigenvalue weighted by atomic mass is 10.3. The van der Waals surface area contributed by atoms with E-state index in [0.29, 0.717) is 5.57 Å². The van der Waals surface area contributed by atoms with Gasteiger partial charge in [-0.1, -0.05) is 6.58 Å². The van der Waals surface area contributed by atoms with Crippen LogP contribution in [0.3, 0.4) is 0 Å². The summed E-state index contributed by atoms with van der Waals surface area (Å²) in [5.41, 5.74) is 15.2. The van der Waals surface area contributed by atoms with Crippen molar-refractivity contribution in [1.82, 2.24) is 0 Å². The molecule has 0 aromatic heterocycles. The normalized spacial score (nSPS) is 7.91. The molecule has 11 heavy (non-hydrogen) atoms. The fraction of sp³-hybridized carbons (Fsp3) is 0.571. The van der Waals surface area contributed by atoms with E-state index in [9.17, 15) is 4.79 Å². The predicted octanol–water partition coefficient (Wildman–Crippen LogP) is -0.658. The molecule has 0 aliphatic heterocycles. The van der Waals surface area contributed by atoms with Gasteiger partial charge in [0.15, 0.2) is 0 Å². The first kappa shape index (κ1) is 12.8. The highest BCUT2D eigenvalue weighted by Crippen LogP contribution is 1.78. The van der Waals surface area contributed by atoms with E-state index in [1.165, 1.54) is 0 Å². The fourth-order valence-electron chi connectivity index (χ4n) is 0.118. The molecule has 0 rings (SSSR count). The molecule has 0 saturated heterocycles. The zero-order chi connectivity index (χ0) is 9.28. The molecule has 0 radical (unpaired) electrons. The maximum absolute atomic E-state index is 9.82. The minimum Gasteiger partial charge on any atom is -0.366 e. The molecule has 0 fully saturated rings. The van der Waals surface area contributed by atoms with Crippen LogP contribution in [0.4, 0.5) is 0 Å². The lowest BCUT2D eigenvalue weighted by Gasteiger charge is -1.81. The van der Waals surface area contributed by atoms with E-state index in [4.69, 9.17) is 17.2 Å². The molecule has 0 aliphatic carbocycles. The molecular weight excluding hydrogens is 142 g/mol. The van der Waals surface area contributed by atoms with Crippen molar-refractivity contribution in [2.45, 2.75) is 13.3 Å². The number of amides is 1. The summed E-state index contributed by atoms with van der Waals surface area (Å²) in [7, 11) is 0. The van der Waals surface area contributed by atoms with Crippen LogP contribution >= 0.6 is 0 Å². The molecule has 0 spiro atoms. The van der Waals surface area contributed by atoms with Gasteiger partial charge in [-0.25, -0.2) is 0 Å². The number of rotatable bonds is 3. The van der Waals surface area contributed by atoms with E-state index in [-0.39, 0.29) is 0 Å². The van der Waals surface area contributed by atoms with Crippen LogP contribution in [0, 0.1) is 0 Å². The van der Waals surface area contributed by atoms with Gasteiger partial charge in [0, 0.05) is 5.57 Å². The molecule has 1 amide bonds. The molecule has 0 saturated carbocycles. The summed E-state index contributed by atoms with van der Waals surface area (Å²) < 4.78 is 0.